The van der Waals surface area contributed by atoms with E-state index in [1.54, 1.807) is 6.92 Å². The van der Waals surface area contributed by atoms with Gasteiger partial charge in [0.05, 0.1) is 17.6 Å². The zero-order valence-electron chi connectivity index (χ0n) is 12.6. The molecule has 0 radical (unpaired) electrons. The van der Waals surface area contributed by atoms with Gasteiger partial charge < -0.3 is 21.3 Å². The number of nitrogens with zero attached hydrogens (tertiary/aromatic N) is 1. The van der Waals surface area contributed by atoms with Crippen molar-refractivity contribution in [2.75, 3.05) is 5.73 Å². The normalized spacial score (nSPS) is 11.0. The number of aromatic nitrogens is 1. The molecule has 0 saturated carbocycles. The van der Waals surface area contributed by atoms with Crippen molar-refractivity contribution in [3.8, 4) is 0 Å². The maximum absolute atomic E-state index is 11.7. The minimum Gasteiger partial charge on any atom is -0.479 e. The second-order valence-electron chi connectivity index (χ2n) is 4.77. The van der Waals surface area contributed by atoms with E-state index in [1.165, 1.54) is 6.20 Å². The third-order valence-corrected chi connectivity index (χ3v) is 3.40. The fourth-order valence-corrected chi connectivity index (χ4v) is 2.45. The van der Waals surface area contributed by atoms with Crippen LogP contribution in [-0.2, 0) is 32.8 Å². The average Bonchev–Trinajstić information content (AvgIpc) is 2.43. The molecule has 0 spiro atoms. The summed E-state index contributed by atoms with van der Waals surface area (Å²) in [6, 6.07) is 0. The zero-order valence-corrected chi connectivity index (χ0v) is 12.6. The van der Waals surface area contributed by atoms with Gasteiger partial charge in [-0.3, -0.25) is 9.78 Å². The second-order valence-corrected chi connectivity index (χ2v) is 4.77. The minimum absolute atomic E-state index is 0.226. The van der Waals surface area contributed by atoms with Crippen LogP contribution in [0.2, 0.25) is 0 Å². The molecule has 1 aromatic heterocycles. The summed E-state index contributed by atoms with van der Waals surface area (Å²) in [5.74, 6) is -4.23. The molecule has 120 valence electrons. The fourth-order valence-electron chi connectivity index (χ4n) is 2.45. The molecular weight excluding hydrogens is 290 g/mol. The summed E-state index contributed by atoms with van der Waals surface area (Å²) in [5.41, 5.74) is 4.36. The number of pyridine rings is 1. The van der Waals surface area contributed by atoms with Crippen LogP contribution in [0.3, 0.4) is 0 Å². The van der Waals surface area contributed by atoms with Gasteiger partial charge in [0.1, 0.15) is 0 Å². The number of nitrogen functional groups attached to an aromatic ring is 1. The molecule has 22 heavy (non-hydrogen) atoms. The van der Waals surface area contributed by atoms with Crippen molar-refractivity contribution in [2.45, 2.75) is 39.2 Å². The smallest absolute Gasteiger partial charge is 0.347 e. The number of hydrogen-bond donors (Lipinski definition) is 4. The first-order valence-corrected chi connectivity index (χ1v) is 6.74. The number of hydrogen-bond acceptors (Lipinski definition) is 5. The zero-order chi connectivity index (χ0) is 17.1. The van der Waals surface area contributed by atoms with Crippen molar-refractivity contribution < 1.29 is 24.6 Å². The minimum atomic E-state index is -2.64. The van der Waals surface area contributed by atoms with Crippen molar-refractivity contribution in [1.29, 1.82) is 0 Å². The molecular formula is C14H19N3O5. The largest absolute Gasteiger partial charge is 0.479 e. The highest BCUT2D eigenvalue weighted by molar-refractivity contribution is 6.06. The Bertz CT molecular complexity index is 613. The Morgan fingerprint density at radius 3 is 2.05 bits per heavy atom. The molecule has 0 aromatic carbocycles. The molecule has 1 heterocycles. The summed E-state index contributed by atoms with van der Waals surface area (Å²) in [7, 11) is 0. The lowest BCUT2D eigenvalue weighted by molar-refractivity contribution is -0.162. The Kier molecular flexibility index (Phi) is 5.08. The Hall–Kier alpha value is -2.64. The molecule has 0 unspecified atom stereocenters. The highest BCUT2D eigenvalue weighted by Gasteiger charge is 2.52. The third kappa shape index (κ3) is 2.72. The van der Waals surface area contributed by atoms with E-state index < -0.39 is 23.4 Å². The fraction of sp³-hybridized carbons (Fsp3) is 0.429. The van der Waals surface area contributed by atoms with E-state index in [4.69, 9.17) is 5.73 Å². The van der Waals surface area contributed by atoms with Gasteiger partial charge >= 0.3 is 11.9 Å². The molecule has 0 fully saturated rings. The summed E-state index contributed by atoms with van der Waals surface area (Å²) >= 11 is 0. The van der Waals surface area contributed by atoms with Crippen molar-refractivity contribution in [2.24, 2.45) is 0 Å². The first kappa shape index (κ1) is 17.4. The maximum Gasteiger partial charge on any atom is 0.347 e. The molecule has 5 N–H and O–H groups in total. The van der Waals surface area contributed by atoms with Crippen LogP contribution in [0.4, 0.5) is 5.69 Å². The summed E-state index contributed by atoms with van der Waals surface area (Å²) in [6.45, 7) is 4.60. The summed E-state index contributed by atoms with van der Waals surface area (Å²) < 4.78 is 0. The van der Waals surface area contributed by atoms with E-state index >= 15 is 0 Å². The lowest BCUT2D eigenvalue weighted by atomic mass is 9.87. The van der Waals surface area contributed by atoms with E-state index in [9.17, 15) is 24.6 Å². The van der Waals surface area contributed by atoms with Crippen molar-refractivity contribution >= 4 is 23.5 Å². The van der Waals surface area contributed by atoms with Gasteiger partial charge in [-0.1, -0.05) is 13.8 Å². The van der Waals surface area contributed by atoms with Crippen LogP contribution in [0.15, 0.2) is 6.20 Å². The third-order valence-electron chi connectivity index (χ3n) is 3.40. The summed E-state index contributed by atoms with van der Waals surface area (Å²) in [6.07, 6.45) is 2.04. The number of amides is 1. The predicted molar refractivity (Wildman–Crippen MR) is 78.2 cm³/mol. The van der Waals surface area contributed by atoms with Gasteiger partial charge in [-0.25, -0.2) is 9.59 Å². The topological polar surface area (TPSA) is 143 Å². The molecule has 0 aliphatic heterocycles. The molecule has 1 aromatic rings. The van der Waals surface area contributed by atoms with Gasteiger partial charge in [0, 0.05) is 6.92 Å². The van der Waals surface area contributed by atoms with Gasteiger partial charge in [-0.15, -0.1) is 0 Å². The standard InChI is InChI=1S/C14H19N3O5/c1-4-8-9(5-2)11(16-6-10(8)15)14(12(19)20,13(21)22)17-7(3)18/h6H,4-5,15H2,1-3H3,(H,17,18)(H,19,20)(H,21,22). The summed E-state index contributed by atoms with van der Waals surface area (Å²) in [4.78, 5) is 38.7. The second kappa shape index (κ2) is 6.42. The quantitative estimate of drug-likeness (QED) is 0.553. The van der Waals surface area contributed by atoms with Gasteiger partial charge in [0.15, 0.2) is 0 Å². The Labute approximate surface area is 127 Å². The highest BCUT2D eigenvalue weighted by Crippen LogP contribution is 2.29. The van der Waals surface area contributed by atoms with Crippen LogP contribution in [0.5, 0.6) is 0 Å². The summed E-state index contributed by atoms with van der Waals surface area (Å²) in [5, 5.41) is 21.0. The predicted octanol–water partition coefficient (Wildman–Crippen LogP) is 0.289. The van der Waals surface area contributed by atoms with E-state index in [2.05, 4.69) is 4.98 Å². The monoisotopic (exact) mass is 309 g/mol. The van der Waals surface area contributed by atoms with Crippen molar-refractivity contribution in [3.05, 3.63) is 23.0 Å². The molecule has 0 aliphatic rings. The molecule has 0 aliphatic carbocycles. The molecule has 8 heteroatoms. The number of carboxylic acid groups (broad SMARTS) is 2. The number of anilines is 1. The average molecular weight is 309 g/mol. The Morgan fingerprint density at radius 1 is 1.18 bits per heavy atom. The number of aliphatic carboxylic acids is 2. The molecule has 1 amide bonds. The van der Waals surface area contributed by atoms with E-state index in [0.717, 1.165) is 6.92 Å². The van der Waals surface area contributed by atoms with Gasteiger partial charge in [-0.2, -0.15) is 0 Å². The molecule has 1 rings (SSSR count). The van der Waals surface area contributed by atoms with Crippen molar-refractivity contribution in [3.63, 3.8) is 0 Å². The number of nitrogens with one attached hydrogen (secondary N) is 1. The first-order chi connectivity index (χ1) is 10.2. The van der Waals surface area contributed by atoms with Crippen LogP contribution < -0.4 is 11.1 Å². The van der Waals surface area contributed by atoms with Crippen LogP contribution in [0.1, 0.15) is 37.6 Å². The number of carbonyl (C=O) groups excluding carboxylic acids is 1. The molecule has 0 saturated heterocycles. The van der Waals surface area contributed by atoms with Gasteiger partial charge in [0.2, 0.25) is 5.91 Å². The maximum atomic E-state index is 11.7. The molecule has 0 bridgehead atoms. The lowest BCUT2D eigenvalue weighted by Gasteiger charge is -2.28. The van der Waals surface area contributed by atoms with Crippen molar-refractivity contribution in [1.82, 2.24) is 10.3 Å². The van der Waals surface area contributed by atoms with Crippen LogP contribution in [0, 0.1) is 0 Å². The first-order valence-electron chi connectivity index (χ1n) is 6.74. The molecule has 0 atom stereocenters. The number of rotatable bonds is 6. The number of nitrogens with two attached hydrogens (primary N) is 1. The highest BCUT2D eigenvalue weighted by atomic mass is 16.4. The molecule has 8 nitrogen and oxygen atoms in total. The van der Waals surface area contributed by atoms with Gasteiger partial charge in [-0.05, 0) is 24.0 Å². The van der Waals surface area contributed by atoms with Gasteiger partial charge in [0.25, 0.3) is 5.54 Å². The van der Waals surface area contributed by atoms with E-state index in [1.807, 2.05) is 12.2 Å². The van der Waals surface area contributed by atoms with Crippen LogP contribution >= 0.6 is 0 Å². The van der Waals surface area contributed by atoms with Crippen LogP contribution in [-0.4, -0.2) is 33.0 Å². The Balaban J connectivity index is 3.80. The number of carbonyl (C=O) groups is 3. The van der Waals surface area contributed by atoms with E-state index in [-0.39, 0.29) is 5.69 Å². The SMILES string of the molecule is CCc1c(N)cnc(C(NC(C)=O)(C(=O)O)C(=O)O)c1CC. The number of carboxylic acids is 2. The lowest BCUT2D eigenvalue weighted by Crippen LogP contribution is -2.58. The Morgan fingerprint density at radius 2 is 1.68 bits per heavy atom. The van der Waals surface area contributed by atoms with Crippen LogP contribution in [0.25, 0.3) is 0 Å². The van der Waals surface area contributed by atoms with E-state index in [0.29, 0.717) is 29.7 Å².